The Labute approximate surface area is 73.2 Å². The predicted octanol–water partition coefficient (Wildman–Crippen LogP) is 1.12. The summed E-state index contributed by atoms with van der Waals surface area (Å²) in [5.41, 5.74) is 6.92. The van der Waals surface area contributed by atoms with Crippen LogP contribution in [-0.2, 0) is 0 Å². The second-order valence-corrected chi connectivity index (χ2v) is 2.55. The van der Waals surface area contributed by atoms with Gasteiger partial charge in [0, 0.05) is 5.69 Å². The number of aryl methyl sites for hydroxylation is 1. The first-order valence-electron chi connectivity index (χ1n) is 3.75. The number of hydrogen-bond donors (Lipinski definition) is 3. The van der Waals surface area contributed by atoms with E-state index in [2.05, 4.69) is 5.32 Å². The number of aromatic hydroxyl groups is 1. The molecule has 0 unspecified atom stereocenters. The van der Waals surface area contributed by atoms with Crippen LogP contribution in [0.2, 0.25) is 0 Å². The summed E-state index contributed by atoms with van der Waals surface area (Å²) in [6, 6.07) is 4.99. The van der Waals surface area contributed by atoms with Crippen molar-refractivity contribution in [2.45, 2.75) is 6.92 Å². The fourth-order valence-electron chi connectivity index (χ4n) is 0.679. The van der Waals surface area contributed by atoms with Crippen LogP contribution in [0.15, 0.2) is 18.2 Å². The van der Waals surface area contributed by atoms with Gasteiger partial charge in [0.2, 0.25) is 0 Å². The molecule has 0 bridgehead atoms. The average molecular weight is 168 g/mol. The third-order valence-corrected chi connectivity index (χ3v) is 1.22. The summed E-state index contributed by atoms with van der Waals surface area (Å²) < 4.78 is 0. The third-order valence-electron chi connectivity index (χ3n) is 1.22. The molecule has 0 aromatic heterocycles. The van der Waals surface area contributed by atoms with Crippen LogP contribution < -0.4 is 11.1 Å². The van der Waals surface area contributed by atoms with Gasteiger partial charge in [0.25, 0.3) is 0 Å². The number of benzene rings is 1. The molecular formula is C9H16N2O. The molecule has 1 rings (SSSR count). The van der Waals surface area contributed by atoms with Crippen LogP contribution in [0, 0.1) is 6.92 Å². The zero-order valence-corrected chi connectivity index (χ0v) is 7.76. The second kappa shape index (κ2) is 5.43. The summed E-state index contributed by atoms with van der Waals surface area (Å²) in [5.74, 6) is 0.296. The number of phenolic OH excluding ortho intramolecular Hbond substituents is 1. The standard InChI is InChI=1S/C7H9NO.C2H7N/c1-5-4-6(8)2-3-7(5)9;1-3-2/h2-4,9H,8H2,1H3;3H,1-2H3. The second-order valence-electron chi connectivity index (χ2n) is 2.55. The van der Waals surface area contributed by atoms with Crippen LogP contribution in [0.3, 0.4) is 0 Å². The van der Waals surface area contributed by atoms with Crippen molar-refractivity contribution in [3.8, 4) is 5.75 Å². The summed E-state index contributed by atoms with van der Waals surface area (Å²) in [7, 11) is 3.75. The van der Waals surface area contributed by atoms with E-state index in [-0.39, 0.29) is 0 Å². The Kier molecular flexibility index (Phi) is 4.88. The van der Waals surface area contributed by atoms with Gasteiger partial charge in [-0.15, -0.1) is 0 Å². The maximum Gasteiger partial charge on any atom is 0.118 e. The van der Waals surface area contributed by atoms with Gasteiger partial charge in [-0.2, -0.15) is 0 Å². The Morgan fingerprint density at radius 3 is 2.17 bits per heavy atom. The number of phenols is 1. The topological polar surface area (TPSA) is 58.3 Å². The normalized spacial score (nSPS) is 8.58. The average Bonchev–Trinajstić information content (AvgIpc) is 1.99. The number of nitrogens with one attached hydrogen (secondary N) is 1. The van der Waals surface area contributed by atoms with Gasteiger partial charge in [0.15, 0.2) is 0 Å². The molecule has 68 valence electrons. The van der Waals surface area contributed by atoms with Gasteiger partial charge < -0.3 is 16.2 Å². The molecule has 12 heavy (non-hydrogen) atoms. The Morgan fingerprint density at radius 1 is 1.33 bits per heavy atom. The Bertz CT molecular complexity index is 236. The Morgan fingerprint density at radius 2 is 1.83 bits per heavy atom. The van der Waals surface area contributed by atoms with Crippen molar-refractivity contribution in [2.24, 2.45) is 0 Å². The van der Waals surface area contributed by atoms with Crippen molar-refractivity contribution in [3.05, 3.63) is 23.8 Å². The van der Waals surface area contributed by atoms with E-state index in [9.17, 15) is 0 Å². The molecule has 0 heterocycles. The summed E-state index contributed by atoms with van der Waals surface area (Å²) in [6.45, 7) is 1.81. The molecule has 0 atom stereocenters. The van der Waals surface area contributed by atoms with Crippen molar-refractivity contribution < 1.29 is 5.11 Å². The van der Waals surface area contributed by atoms with Gasteiger partial charge in [-0.05, 0) is 44.8 Å². The highest BCUT2D eigenvalue weighted by Crippen LogP contribution is 2.17. The molecule has 0 saturated carbocycles. The molecule has 0 spiro atoms. The fourth-order valence-corrected chi connectivity index (χ4v) is 0.679. The minimum atomic E-state index is 0.296. The summed E-state index contributed by atoms with van der Waals surface area (Å²) in [6.07, 6.45) is 0. The van der Waals surface area contributed by atoms with Gasteiger partial charge in [0.05, 0.1) is 0 Å². The number of hydrogen-bond acceptors (Lipinski definition) is 3. The molecule has 0 radical (unpaired) electrons. The van der Waals surface area contributed by atoms with Gasteiger partial charge >= 0.3 is 0 Å². The van der Waals surface area contributed by atoms with Crippen LogP contribution in [0.1, 0.15) is 5.56 Å². The van der Waals surface area contributed by atoms with Gasteiger partial charge in [-0.1, -0.05) is 0 Å². The first-order chi connectivity index (χ1) is 5.61. The maximum absolute atomic E-state index is 8.99. The highest BCUT2D eigenvalue weighted by atomic mass is 16.3. The monoisotopic (exact) mass is 168 g/mol. The van der Waals surface area contributed by atoms with Crippen molar-refractivity contribution in [1.82, 2.24) is 5.32 Å². The largest absolute Gasteiger partial charge is 0.508 e. The Balaban J connectivity index is 0.000000354. The number of nitrogen functional groups attached to an aromatic ring is 1. The lowest BCUT2D eigenvalue weighted by Gasteiger charge is -1.97. The zero-order valence-electron chi connectivity index (χ0n) is 7.76. The molecule has 0 saturated heterocycles. The molecule has 0 aliphatic rings. The van der Waals surface area contributed by atoms with Crippen molar-refractivity contribution >= 4 is 5.69 Å². The third kappa shape index (κ3) is 3.83. The van der Waals surface area contributed by atoms with Crippen molar-refractivity contribution in [2.75, 3.05) is 19.8 Å². The maximum atomic E-state index is 8.99. The quantitative estimate of drug-likeness (QED) is 0.402. The van der Waals surface area contributed by atoms with E-state index in [1.54, 1.807) is 18.2 Å². The number of nitrogens with two attached hydrogens (primary N) is 1. The molecule has 3 nitrogen and oxygen atoms in total. The Hall–Kier alpha value is -1.22. The fraction of sp³-hybridized carbons (Fsp3) is 0.333. The molecule has 0 amide bonds. The van der Waals surface area contributed by atoms with E-state index in [0.29, 0.717) is 11.4 Å². The molecule has 1 aromatic carbocycles. The predicted molar refractivity (Wildman–Crippen MR) is 52.2 cm³/mol. The number of rotatable bonds is 0. The number of anilines is 1. The smallest absolute Gasteiger partial charge is 0.118 e. The minimum absolute atomic E-state index is 0.296. The molecular weight excluding hydrogens is 152 g/mol. The summed E-state index contributed by atoms with van der Waals surface area (Å²) in [4.78, 5) is 0. The first-order valence-corrected chi connectivity index (χ1v) is 3.75. The molecule has 0 fully saturated rings. The highest BCUT2D eigenvalue weighted by Gasteiger charge is 1.92. The lowest BCUT2D eigenvalue weighted by Crippen LogP contribution is -1.89. The van der Waals surface area contributed by atoms with Crippen LogP contribution in [-0.4, -0.2) is 19.2 Å². The van der Waals surface area contributed by atoms with Crippen molar-refractivity contribution in [1.29, 1.82) is 0 Å². The lowest BCUT2D eigenvalue weighted by molar-refractivity contribution is 0.471. The van der Waals surface area contributed by atoms with E-state index in [1.807, 2.05) is 21.0 Å². The summed E-state index contributed by atoms with van der Waals surface area (Å²) in [5, 5.41) is 11.7. The van der Waals surface area contributed by atoms with Crippen LogP contribution in [0.25, 0.3) is 0 Å². The molecule has 3 heteroatoms. The minimum Gasteiger partial charge on any atom is -0.508 e. The summed E-state index contributed by atoms with van der Waals surface area (Å²) >= 11 is 0. The van der Waals surface area contributed by atoms with Gasteiger partial charge in [-0.25, -0.2) is 0 Å². The van der Waals surface area contributed by atoms with Crippen LogP contribution in [0.5, 0.6) is 5.75 Å². The van der Waals surface area contributed by atoms with Gasteiger partial charge in [-0.3, -0.25) is 0 Å². The first kappa shape index (κ1) is 10.8. The molecule has 4 N–H and O–H groups in total. The van der Waals surface area contributed by atoms with E-state index >= 15 is 0 Å². The SMILES string of the molecule is CNC.Cc1cc(N)ccc1O. The molecule has 1 aromatic rings. The van der Waals surface area contributed by atoms with E-state index in [0.717, 1.165) is 5.56 Å². The highest BCUT2D eigenvalue weighted by molar-refractivity contribution is 5.46. The molecule has 0 aliphatic heterocycles. The van der Waals surface area contributed by atoms with Crippen LogP contribution in [0.4, 0.5) is 5.69 Å². The van der Waals surface area contributed by atoms with Crippen molar-refractivity contribution in [3.63, 3.8) is 0 Å². The molecule has 0 aliphatic carbocycles. The lowest BCUT2D eigenvalue weighted by atomic mass is 10.2. The van der Waals surface area contributed by atoms with Crippen LogP contribution >= 0.6 is 0 Å². The van der Waals surface area contributed by atoms with E-state index in [1.165, 1.54) is 0 Å². The van der Waals surface area contributed by atoms with E-state index in [4.69, 9.17) is 10.8 Å². The van der Waals surface area contributed by atoms with E-state index < -0.39 is 0 Å². The zero-order chi connectivity index (χ0) is 9.56. The van der Waals surface area contributed by atoms with Gasteiger partial charge in [0.1, 0.15) is 5.75 Å².